The number of ether oxygens (including phenoxy) is 3. The van der Waals surface area contributed by atoms with Gasteiger partial charge in [0.2, 0.25) is 5.76 Å². The van der Waals surface area contributed by atoms with Gasteiger partial charge >= 0.3 is 11.9 Å². The van der Waals surface area contributed by atoms with E-state index in [1.807, 2.05) is 18.2 Å². The first-order valence-corrected chi connectivity index (χ1v) is 13.7. The molecule has 0 amide bonds. The molecule has 1 aliphatic rings. The molecule has 7 heteroatoms. The van der Waals surface area contributed by atoms with Gasteiger partial charge in [0.1, 0.15) is 12.7 Å². The second-order valence-electron chi connectivity index (χ2n) is 9.54. The quantitative estimate of drug-likeness (QED) is 0.167. The van der Waals surface area contributed by atoms with Gasteiger partial charge in [-0.15, -0.1) is 0 Å². The van der Waals surface area contributed by atoms with Gasteiger partial charge in [0.15, 0.2) is 11.9 Å². The van der Waals surface area contributed by atoms with Gasteiger partial charge < -0.3 is 24.4 Å². The predicted molar refractivity (Wildman–Crippen MR) is 138 cm³/mol. The number of benzene rings is 1. The fourth-order valence-electron chi connectivity index (χ4n) is 4.23. The molecule has 2 atom stereocenters. The lowest BCUT2D eigenvalue weighted by Gasteiger charge is -2.17. The SMILES string of the molecule is CCCCCCCCCCCCCCCOC1=C(O)[C@@H]([C@@H](O)COC(=O)Cc2ccccc2)OC1=O. The van der Waals surface area contributed by atoms with Gasteiger partial charge in [-0.1, -0.05) is 114 Å². The van der Waals surface area contributed by atoms with Gasteiger partial charge in [-0.25, -0.2) is 4.79 Å². The smallest absolute Gasteiger partial charge is 0.378 e. The number of hydrogen-bond donors (Lipinski definition) is 2. The topological polar surface area (TPSA) is 102 Å². The third-order valence-electron chi connectivity index (χ3n) is 6.37. The van der Waals surface area contributed by atoms with Gasteiger partial charge in [-0.3, -0.25) is 4.79 Å². The fourth-order valence-corrected chi connectivity index (χ4v) is 4.23. The summed E-state index contributed by atoms with van der Waals surface area (Å²) in [7, 11) is 0. The van der Waals surface area contributed by atoms with Crippen LogP contribution in [-0.2, 0) is 30.2 Å². The number of carbonyl (C=O) groups is 2. The van der Waals surface area contributed by atoms with Crippen molar-refractivity contribution in [3.8, 4) is 0 Å². The molecule has 0 radical (unpaired) electrons. The molecule has 0 saturated heterocycles. The molecule has 0 saturated carbocycles. The second kappa shape index (κ2) is 17.8. The Morgan fingerprint density at radius 2 is 1.47 bits per heavy atom. The van der Waals surface area contributed by atoms with Crippen LogP contribution in [0.1, 0.15) is 96.0 Å². The molecule has 1 aromatic rings. The van der Waals surface area contributed by atoms with Gasteiger partial charge in [-0.2, -0.15) is 0 Å². The van der Waals surface area contributed by atoms with Gasteiger partial charge in [-0.05, 0) is 12.0 Å². The molecule has 1 heterocycles. The molecule has 36 heavy (non-hydrogen) atoms. The van der Waals surface area contributed by atoms with Crippen LogP contribution in [0.3, 0.4) is 0 Å². The molecular formula is C29H44O7. The number of rotatable bonds is 20. The Hall–Kier alpha value is -2.54. The molecule has 0 aliphatic carbocycles. The fraction of sp³-hybridized carbons (Fsp3) is 0.655. The number of cyclic esters (lactones) is 1. The Labute approximate surface area is 215 Å². The van der Waals surface area contributed by atoms with E-state index in [1.54, 1.807) is 12.1 Å². The van der Waals surface area contributed by atoms with E-state index in [2.05, 4.69) is 6.92 Å². The van der Waals surface area contributed by atoms with Crippen molar-refractivity contribution in [3.05, 3.63) is 47.4 Å². The normalized spacial score (nSPS) is 16.2. The minimum atomic E-state index is -1.38. The molecule has 202 valence electrons. The minimum Gasteiger partial charge on any atom is -0.505 e. The van der Waals surface area contributed by atoms with Crippen LogP contribution in [0, 0.1) is 0 Å². The maximum Gasteiger partial charge on any atom is 0.378 e. The molecule has 0 spiro atoms. The molecule has 7 nitrogen and oxygen atoms in total. The minimum absolute atomic E-state index is 0.0628. The summed E-state index contributed by atoms with van der Waals surface area (Å²) in [5.74, 6) is -2.07. The van der Waals surface area contributed by atoms with Gasteiger partial charge in [0.25, 0.3) is 0 Å². The second-order valence-corrected chi connectivity index (χ2v) is 9.54. The molecule has 0 fully saturated rings. The Morgan fingerprint density at radius 1 is 0.917 bits per heavy atom. The molecule has 0 unspecified atom stereocenters. The standard InChI is InChI=1S/C29H44O7/c1-2-3-4-5-6-7-8-9-10-11-12-13-17-20-34-28-26(32)27(36-29(28)33)24(30)22-35-25(31)21-23-18-15-14-16-19-23/h14-16,18-19,24,27,30,32H,2-13,17,20-22H2,1H3/t24-,27+/m0/s1. The summed E-state index contributed by atoms with van der Waals surface area (Å²) < 4.78 is 15.6. The number of carbonyl (C=O) groups excluding carboxylic acids is 2. The summed E-state index contributed by atoms with van der Waals surface area (Å²) in [6.07, 6.45) is 13.4. The van der Waals surface area contributed by atoms with Crippen LogP contribution in [0.25, 0.3) is 0 Å². The van der Waals surface area contributed by atoms with Crippen molar-refractivity contribution in [2.45, 2.75) is 109 Å². The first-order valence-electron chi connectivity index (χ1n) is 13.7. The lowest BCUT2D eigenvalue weighted by atomic mass is 10.0. The van der Waals surface area contributed by atoms with E-state index in [-0.39, 0.29) is 12.2 Å². The zero-order valence-electron chi connectivity index (χ0n) is 21.8. The average molecular weight is 505 g/mol. The zero-order valence-corrected chi connectivity index (χ0v) is 21.8. The van der Waals surface area contributed by atoms with Crippen LogP contribution in [0.5, 0.6) is 0 Å². The Bertz CT molecular complexity index is 790. The van der Waals surface area contributed by atoms with Crippen LogP contribution in [0.4, 0.5) is 0 Å². The number of hydrogen-bond acceptors (Lipinski definition) is 7. The summed E-state index contributed by atoms with van der Waals surface area (Å²) in [6.45, 7) is 2.13. The highest BCUT2D eigenvalue weighted by atomic mass is 16.6. The predicted octanol–water partition coefficient (Wildman–Crippen LogP) is 5.94. The van der Waals surface area contributed by atoms with E-state index in [0.717, 1.165) is 24.8 Å². The number of unbranched alkanes of at least 4 members (excludes halogenated alkanes) is 12. The summed E-state index contributed by atoms with van der Waals surface area (Å²) in [5.41, 5.74) is 0.788. The van der Waals surface area contributed by atoms with Crippen LogP contribution >= 0.6 is 0 Å². The van der Waals surface area contributed by atoms with E-state index in [9.17, 15) is 19.8 Å². The van der Waals surface area contributed by atoms with Crippen molar-refractivity contribution in [2.75, 3.05) is 13.2 Å². The summed E-state index contributed by atoms with van der Waals surface area (Å²) in [4.78, 5) is 24.0. The largest absolute Gasteiger partial charge is 0.505 e. The monoisotopic (exact) mass is 504 g/mol. The Balaban J connectivity index is 1.54. The maximum atomic E-state index is 12.1. The lowest BCUT2D eigenvalue weighted by Crippen LogP contribution is -2.33. The number of aliphatic hydroxyl groups excluding tert-OH is 2. The van der Waals surface area contributed by atoms with Gasteiger partial charge in [0, 0.05) is 0 Å². The highest BCUT2D eigenvalue weighted by Gasteiger charge is 2.41. The van der Waals surface area contributed by atoms with Crippen LogP contribution in [0.15, 0.2) is 41.9 Å². The lowest BCUT2D eigenvalue weighted by molar-refractivity contribution is -0.154. The van der Waals surface area contributed by atoms with Crippen LogP contribution < -0.4 is 0 Å². The molecule has 2 N–H and O–H groups in total. The Kier molecular flexibility index (Phi) is 14.7. The van der Waals surface area contributed by atoms with E-state index in [1.165, 1.54) is 64.2 Å². The molecule has 1 aromatic carbocycles. The molecule has 1 aliphatic heterocycles. The number of aliphatic hydroxyl groups is 2. The average Bonchev–Trinajstić information content (AvgIpc) is 3.16. The van der Waals surface area contributed by atoms with Gasteiger partial charge in [0.05, 0.1) is 13.0 Å². The maximum absolute atomic E-state index is 12.1. The van der Waals surface area contributed by atoms with Crippen molar-refractivity contribution in [1.82, 2.24) is 0 Å². The van der Waals surface area contributed by atoms with Crippen LogP contribution in [-0.4, -0.2) is 47.6 Å². The van der Waals surface area contributed by atoms with E-state index in [0.29, 0.717) is 6.61 Å². The highest BCUT2D eigenvalue weighted by molar-refractivity contribution is 5.89. The Morgan fingerprint density at radius 3 is 2.06 bits per heavy atom. The van der Waals surface area contributed by atoms with Crippen molar-refractivity contribution in [3.63, 3.8) is 0 Å². The third-order valence-corrected chi connectivity index (χ3v) is 6.37. The third kappa shape index (κ3) is 11.5. The van der Waals surface area contributed by atoms with Crippen molar-refractivity contribution >= 4 is 11.9 Å². The molecular weight excluding hydrogens is 460 g/mol. The summed E-state index contributed by atoms with van der Waals surface area (Å²) in [6, 6.07) is 9.08. The first-order chi connectivity index (χ1) is 17.5. The van der Waals surface area contributed by atoms with E-state index < -0.39 is 36.5 Å². The van der Waals surface area contributed by atoms with E-state index in [4.69, 9.17) is 14.2 Å². The highest BCUT2D eigenvalue weighted by Crippen LogP contribution is 2.25. The van der Waals surface area contributed by atoms with Crippen molar-refractivity contribution in [1.29, 1.82) is 0 Å². The summed E-state index contributed by atoms with van der Waals surface area (Å²) in [5, 5.41) is 20.6. The first kappa shape index (κ1) is 29.7. The van der Waals surface area contributed by atoms with E-state index >= 15 is 0 Å². The number of esters is 2. The summed E-state index contributed by atoms with van der Waals surface area (Å²) >= 11 is 0. The van der Waals surface area contributed by atoms with Crippen LogP contribution in [0.2, 0.25) is 0 Å². The molecule has 0 aromatic heterocycles. The molecule has 0 bridgehead atoms. The molecule has 2 rings (SSSR count). The van der Waals surface area contributed by atoms with Crippen molar-refractivity contribution in [2.24, 2.45) is 0 Å². The zero-order chi connectivity index (χ0) is 26.0. The van der Waals surface area contributed by atoms with Crippen molar-refractivity contribution < 1.29 is 34.0 Å².